The van der Waals surface area contributed by atoms with Gasteiger partial charge in [0.15, 0.2) is 11.5 Å². The number of H-pyrrole nitrogens is 1. The molecular formula is C23H28N2O5. The minimum absolute atomic E-state index is 0.180. The SMILES string of the molecule is COc1ccccc1O[C@@H]1C[C@@H]2CN(C(=O)c3cc(C)c(C)[nH]c3=O)C[C@@H]2C[C@H]1O. The Balaban J connectivity index is 1.47. The number of pyridine rings is 1. The Morgan fingerprint density at radius 1 is 1.13 bits per heavy atom. The lowest BCUT2D eigenvalue weighted by Gasteiger charge is -2.35. The van der Waals surface area contributed by atoms with Crippen molar-refractivity contribution in [2.24, 2.45) is 11.8 Å². The molecule has 1 aliphatic carbocycles. The predicted molar refractivity (Wildman–Crippen MR) is 112 cm³/mol. The van der Waals surface area contributed by atoms with Crippen LogP contribution in [0.5, 0.6) is 11.5 Å². The van der Waals surface area contributed by atoms with Crippen molar-refractivity contribution in [3.63, 3.8) is 0 Å². The lowest BCUT2D eigenvalue weighted by atomic mass is 9.78. The zero-order valence-corrected chi connectivity index (χ0v) is 17.6. The maximum Gasteiger partial charge on any atom is 0.261 e. The van der Waals surface area contributed by atoms with Crippen molar-refractivity contribution < 1.29 is 19.4 Å². The highest BCUT2D eigenvalue weighted by molar-refractivity contribution is 5.94. The number of carbonyl (C=O) groups excluding carboxylic acids is 1. The number of hydrogen-bond acceptors (Lipinski definition) is 5. The van der Waals surface area contributed by atoms with Gasteiger partial charge in [-0.05, 0) is 62.3 Å². The number of likely N-dealkylation sites (tertiary alicyclic amines) is 1. The number of nitrogens with zero attached hydrogens (tertiary/aromatic N) is 1. The second-order valence-electron chi connectivity index (χ2n) is 8.40. The van der Waals surface area contributed by atoms with Gasteiger partial charge in [-0.2, -0.15) is 0 Å². The molecule has 1 aromatic heterocycles. The number of para-hydroxylation sites is 2. The summed E-state index contributed by atoms with van der Waals surface area (Å²) in [5, 5.41) is 10.7. The number of benzene rings is 1. The number of fused-ring (bicyclic) bond motifs is 1. The third-order valence-electron chi connectivity index (χ3n) is 6.45. The first-order valence-electron chi connectivity index (χ1n) is 10.3. The predicted octanol–water partition coefficient (Wildman–Crippen LogP) is 2.29. The van der Waals surface area contributed by atoms with Gasteiger partial charge in [-0.25, -0.2) is 0 Å². The van der Waals surface area contributed by atoms with Crippen LogP contribution >= 0.6 is 0 Å². The van der Waals surface area contributed by atoms with E-state index in [1.54, 1.807) is 18.1 Å². The molecule has 0 radical (unpaired) electrons. The summed E-state index contributed by atoms with van der Waals surface area (Å²) in [7, 11) is 1.59. The second-order valence-corrected chi connectivity index (χ2v) is 8.40. The fourth-order valence-electron chi connectivity index (χ4n) is 4.62. The average molecular weight is 412 g/mol. The van der Waals surface area contributed by atoms with Crippen LogP contribution in [0.4, 0.5) is 0 Å². The number of rotatable bonds is 4. The third kappa shape index (κ3) is 3.81. The van der Waals surface area contributed by atoms with Crippen LogP contribution in [0.1, 0.15) is 34.5 Å². The summed E-state index contributed by atoms with van der Waals surface area (Å²) >= 11 is 0. The quantitative estimate of drug-likeness (QED) is 0.804. The van der Waals surface area contributed by atoms with Crippen LogP contribution in [0.25, 0.3) is 0 Å². The summed E-state index contributed by atoms with van der Waals surface area (Å²) in [4.78, 5) is 29.8. The van der Waals surface area contributed by atoms with Crippen LogP contribution in [-0.4, -0.2) is 53.3 Å². The molecule has 1 saturated carbocycles. The summed E-state index contributed by atoms with van der Waals surface area (Å²) in [5.41, 5.74) is 1.48. The normalized spacial score (nSPS) is 25.7. The number of carbonyl (C=O) groups is 1. The molecule has 160 valence electrons. The standard InChI is InChI=1S/C23H28N2O5/c1-13-8-17(22(27)24-14(13)2)23(28)25-11-15-9-18(26)21(10-16(15)12-25)30-20-7-5-4-6-19(20)29-3/h4-8,15-16,18,21,26H,9-12H2,1-3H3,(H,24,27)/t15-,16+,18+,21+/m0/s1. The second kappa shape index (κ2) is 8.14. The largest absolute Gasteiger partial charge is 0.493 e. The zero-order valence-electron chi connectivity index (χ0n) is 17.6. The maximum atomic E-state index is 13.0. The molecule has 4 rings (SSSR count). The highest BCUT2D eigenvalue weighted by Gasteiger charge is 2.44. The fraction of sp³-hybridized carbons (Fsp3) is 0.478. The van der Waals surface area contributed by atoms with E-state index in [4.69, 9.17) is 9.47 Å². The van der Waals surface area contributed by atoms with Gasteiger partial charge in [-0.3, -0.25) is 9.59 Å². The molecule has 0 spiro atoms. The molecule has 7 heteroatoms. The first-order valence-corrected chi connectivity index (χ1v) is 10.3. The third-order valence-corrected chi connectivity index (χ3v) is 6.45. The number of aliphatic hydroxyl groups excluding tert-OH is 1. The Labute approximate surface area is 175 Å². The molecule has 0 unspecified atom stereocenters. The number of hydrogen-bond donors (Lipinski definition) is 2. The van der Waals surface area contributed by atoms with Crippen LogP contribution in [0.2, 0.25) is 0 Å². The number of methoxy groups -OCH3 is 1. The topological polar surface area (TPSA) is 91.9 Å². The summed E-state index contributed by atoms with van der Waals surface area (Å²) in [6.45, 7) is 4.81. The highest BCUT2D eigenvalue weighted by Crippen LogP contribution is 2.39. The Kier molecular flexibility index (Phi) is 5.56. The lowest BCUT2D eigenvalue weighted by Crippen LogP contribution is -2.42. The number of nitrogens with one attached hydrogen (secondary N) is 1. The van der Waals surface area contributed by atoms with Crippen molar-refractivity contribution in [3.05, 3.63) is 57.5 Å². The lowest BCUT2D eigenvalue weighted by molar-refractivity contribution is -0.0240. The van der Waals surface area contributed by atoms with Crippen molar-refractivity contribution >= 4 is 5.91 Å². The van der Waals surface area contributed by atoms with E-state index in [9.17, 15) is 14.7 Å². The fourth-order valence-corrected chi connectivity index (χ4v) is 4.62. The molecule has 2 fully saturated rings. The number of aliphatic hydroxyl groups is 1. The van der Waals surface area contributed by atoms with Crippen molar-refractivity contribution in [1.29, 1.82) is 0 Å². The molecule has 1 amide bonds. The van der Waals surface area contributed by atoms with E-state index in [1.807, 2.05) is 38.1 Å². The van der Waals surface area contributed by atoms with Crippen molar-refractivity contribution in [3.8, 4) is 11.5 Å². The monoisotopic (exact) mass is 412 g/mol. The molecule has 1 aromatic carbocycles. The van der Waals surface area contributed by atoms with Gasteiger partial charge < -0.3 is 24.5 Å². The molecular weight excluding hydrogens is 384 g/mol. The number of aromatic amines is 1. The van der Waals surface area contributed by atoms with Crippen LogP contribution in [0, 0.1) is 25.7 Å². The zero-order chi connectivity index (χ0) is 21.4. The van der Waals surface area contributed by atoms with Gasteiger partial charge in [0, 0.05) is 18.8 Å². The van der Waals surface area contributed by atoms with E-state index in [0.717, 1.165) is 11.3 Å². The minimum Gasteiger partial charge on any atom is -0.493 e. The van der Waals surface area contributed by atoms with E-state index in [1.165, 1.54) is 0 Å². The van der Waals surface area contributed by atoms with Gasteiger partial charge in [-0.1, -0.05) is 12.1 Å². The van der Waals surface area contributed by atoms with Gasteiger partial charge in [0.25, 0.3) is 11.5 Å². The van der Waals surface area contributed by atoms with E-state index in [2.05, 4.69) is 4.98 Å². The molecule has 0 bridgehead atoms. The van der Waals surface area contributed by atoms with Gasteiger partial charge in [0.2, 0.25) is 0 Å². The Hall–Kier alpha value is -2.80. The van der Waals surface area contributed by atoms with Crippen molar-refractivity contribution in [1.82, 2.24) is 9.88 Å². The maximum absolute atomic E-state index is 13.0. The summed E-state index contributed by atoms with van der Waals surface area (Å²) in [5.74, 6) is 1.42. The van der Waals surface area contributed by atoms with Crippen LogP contribution in [-0.2, 0) is 0 Å². The summed E-state index contributed by atoms with van der Waals surface area (Å²) < 4.78 is 11.4. The van der Waals surface area contributed by atoms with Crippen LogP contribution < -0.4 is 15.0 Å². The molecule has 4 atom stereocenters. The van der Waals surface area contributed by atoms with E-state index < -0.39 is 6.10 Å². The van der Waals surface area contributed by atoms with E-state index in [0.29, 0.717) is 37.4 Å². The number of aromatic nitrogens is 1. The van der Waals surface area contributed by atoms with Crippen molar-refractivity contribution in [2.45, 2.75) is 38.9 Å². The molecule has 7 nitrogen and oxygen atoms in total. The molecule has 2 aliphatic rings. The first kappa shape index (κ1) is 20.5. The highest BCUT2D eigenvalue weighted by atomic mass is 16.5. The smallest absolute Gasteiger partial charge is 0.261 e. The average Bonchev–Trinajstić information content (AvgIpc) is 3.13. The Morgan fingerprint density at radius 2 is 1.80 bits per heavy atom. The van der Waals surface area contributed by atoms with E-state index in [-0.39, 0.29) is 35.0 Å². The molecule has 2 N–H and O–H groups in total. The van der Waals surface area contributed by atoms with Gasteiger partial charge in [-0.15, -0.1) is 0 Å². The van der Waals surface area contributed by atoms with Crippen molar-refractivity contribution in [2.75, 3.05) is 20.2 Å². The molecule has 2 heterocycles. The Bertz CT molecular complexity index is 1000. The first-order chi connectivity index (χ1) is 14.4. The molecule has 30 heavy (non-hydrogen) atoms. The minimum atomic E-state index is -0.615. The van der Waals surface area contributed by atoms with Gasteiger partial charge in [0.05, 0.1) is 13.2 Å². The number of amides is 1. The molecule has 2 aromatic rings. The summed E-state index contributed by atoms with van der Waals surface area (Å²) in [6, 6.07) is 9.06. The van der Waals surface area contributed by atoms with Gasteiger partial charge in [0.1, 0.15) is 11.7 Å². The number of ether oxygens (including phenoxy) is 2. The van der Waals surface area contributed by atoms with E-state index >= 15 is 0 Å². The van der Waals surface area contributed by atoms with Crippen LogP contribution in [0.3, 0.4) is 0 Å². The number of aryl methyl sites for hydroxylation is 2. The van der Waals surface area contributed by atoms with Crippen LogP contribution in [0.15, 0.2) is 35.1 Å². The van der Waals surface area contributed by atoms with Gasteiger partial charge >= 0.3 is 0 Å². The Morgan fingerprint density at radius 3 is 2.50 bits per heavy atom. The summed E-state index contributed by atoms with van der Waals surface area (Å²) in [6.07, 6.45) is 0.243. The molecule has 1 saturated heterocycles. The molecule has 1 aliphatic heterocycles.